The van der Waals surface area contributed by atoms with E-state index in [4.69, 9.17) is 15.3 Å². The second-order valence-electron chi connectivity index (χ2n) is 1.03. The van der Waals surface area contributed by atoms with Gasteiger partial charge in [-0.25, -0.2) is 0 Å². The summed E-state index contributed by atoms with van der Waals surface area (Å²) in [6.07, 6.45) is 3.25. The number of nitrogens with zero attached hydrogens (tertiary/aromatic N) is 1. The van der Waals surface area contributed by atoms with Gasteiger partial charge in [-0.3, -0.25) is 0 Å². The molecule has 1 rings (SSSR count). The Morgan fingerprint density at radius 1 is 1.44 bits per heavy atom. The van der Waals surface area contributed by atoms with Gasteiger partial charge in [0, 0.05) is 0 Å². The number of hydrogen-bond acceptors (Lipinski definition) is 3. The molecule has 5 heteroatoms. The van der Waals surface area contributed by atoms with Crippen LogP contribution >= 0.6 is 0 Å². The lowest BCUT2D eigenvalue weighted by Gasteiger charge is -1.56. The highest BCUT2D eigenvalue weighted by Crippen LogP contribution is 1.79. The molecule has 1 aromatic rings. The molecule has 0 fully saturated rings. The van der Waals surface area contributed by atoms with Gasteiger partial charge in [-0.15, -0.1) is 10.1 Å². The minimum absolute atomic E-state index is 1.50. The molecule has 1 heterocycles. The topological polar surface area (TPSA) is 76.5 Å². The molecule has 50 valence electrons. The zero-order valence-electron chi connectivity index (χ0n) is 4.43. The molecule has 5 nitrogen and oxygen atoms in total. The van der Waals surface area contributed by atoms with E-state index < -0.39 is 5.09 Å². The zero-order chi connectivity index (χ0) is 7.11. The van der Waals surface area contributed by atoms with Gasteiger partial charge in [0.15, 0.2) is 0 Å². The van der Waals surface area contributed by atoms with Crippen LogP contribution in [0, 0.1) is 10.1 Å². The molecule has 9 heavy (non-hydrogen) atoms. The van der Waals surface area contributed by atoms with Crippen molar-refractivity contribution >= 4 is 0 Å². The SMILES string of the molecule is O=[N+]([O-])O.c1ccoc1. The summed E-state index contributed by atoms with van der Waals surface area (Å²) in [7, 11) is 0. The third-order valence-electron chi connectivity index (χ3n) is 0.425. The number of furan rings is 1. The Labute approximate surface area is 50.6 Å². The van der Waals surface area contributed by atoms with Crippen LogP contribution in [0.25, 0.3) is 0 Å². The molecule has 0 saturated heterocycles. The van der Waals surface area contributed by atoms with Crippen LogP contribution in [-0.4, -0.2) is 10.3 Å². The van der Waals surface area contributed by atoms with Crippen LogP contribution in [0.4, 0.5) is 0 Å². The van der Waals surface area contributed by atoms with Gasteiger partial charge in [0.2, 0.25) is 0 Å². The summed E-state index contributed by atoms with van der Waals surface area (Å²) in [5.74, 6) is 0. The predicted octanol–water partition coefficient (Wildman–Crippen LogP) is 0.932. The lowest BCUT2D eigenvalue weighted by atomic mass is 10.7. The Morgan fingerprint density at radius 3 is 1.89 bits per heavy atom. The maximum absolute atomic E-state index is 8.36. The van der Waals surface area contributed by atoms with Gasteiger partial charge in [0.25, 0.3) is 5.09 Å². The van der Waals surface area contributed by atoms with E-state index in [1.807, 2.05) is 12.1 Å². The van der Waals surface area contributed by atoms with Crippen molar-refractivity contribution in [1.29, 1.82) is 0 Å². The first-order valence-electron chi connectivity index (χ1n) is 2.04. The van der Waals surface area contributed by atoms with Crippen LogP contribution in [0.15, 0.2) is 29.1 Å². The van der Waals surface area contributed by atoms with Gasteiger partial charge < -0.3 is 9.62 Å². The van der Waals surface area contributed by atoms with Gasteiger partial charge in [0.1, 0.15) is 0 Å². The fourth-order valence-electron chi connectivity index (χ4n) is 0.227. The average molecular weight is 131 g/mol. The monoisotopic (exact) mass is 131 g/mol. The lowest BCUT2D eigenvalue weighted by molar-refractivity contribution is -0.742. The lowest BCUT2D eigenvalue weighted by Crippen LogP contribution is -1.81. The molecule has 0 amide bonds. The first-order valence-corrected chi connectivity index (χ1v) is 2.04. The van der Waals surface area contributed by atoms with E-state index in [0.717, 1.165) is 0 Å². The second kappa shape index (κ2) is 4.63. The van der Waals surface area contributed by atoms with Crippen molar-refractivity contribution in [3.63, 3.8) is 0 Å². The summed E-state index contributed by atoms with van der Waals surface area (Å²) in [5.41, 5.74) is 0. The molecule has 0 aromatic carbocycles. The van der Waals surface area contributed by atoms with E-state index in [1.165, 1.54) is 0 Å². The normalized spacial score (nSPS) is 7.11. The second-order valence-corrected chi connectivity index (χ2v) is 1.03. The summed E-state index contributed by atoms with van der Waals surface area (Å²) in [6.45, 7) is 0. The molecular formula is C4H5NO4. The maximum Gasteiger partial charge on any atom is 0.291 e. The standard InChI is InChI=1S/C4H4O.HNO3/c1-2-4-5-3-1;2-1(3)4/h1-4H;(H,2,3,4). The Bertz CT molecular complexity index is 126. The zero-order valence-corrected chi connectivity index (χ0v) is 4.43. The van der Waals surface area contributed by atoms with Crippen LogP contribution < -0.4 is 0 Å². The first-order chi connectivity index (χ1) is 4.23. The Kier molecular flexibility index (Phi) is 3.85. The highest BCUT2D eigenvalue weighted by atomic mass is 16.9. The molecule has 0 unspecified atom stereocenters. The van der Waals surface area contributed by atoms with E-state index in [9.17, 15) is 0 Å². The summed E-state index contributed by atoms with van der Waals surface area (Å²) in [5, 5.41) is 13.6. The van der Waals surface area contributed by atoms with Crippen molar-refractivity contribution in [1.82, 2.24) is 0 Å². The minimum Gasteiger partial charge on any atom is -0.473 e. The van der Waals surface area contributed by atoms with Crippen molar-refractivity contribution in [2.45, 2.75) is 0 Å². The Morgan fingerprint density at radius 2 is 1.78 bits per heavy atom. The van der Waals surface area contributed by atoms with Crippen molar-refractivity contribution in [2.75, 3.05) is 0 Å². The van der Waals surface area contributed by atoms with E-state index in [-0.39, 0.29) is 0 Å². The summed E-state index contributed by atoms with van der Waals surface area (Å²) in [4.78, 5) is 8.36. The fraction of sp³-hybridized carbons (Fsp3) is 0. The third-order valence-corrected chi connectivity index (χ3v) is 0.425. The van der Waals surface area contributed by atoms with Crippen LogP contribution in [0.1, 0.15) is 0 Å². The summed E-state index contributed by atoms with van der Waals surface area (Å²) in [6, 6.07) is 3.67. The van der Waals surface area contributed by atoms with Gasteiger partial charge in [-0.05, 0) is 12.1 Å². The van der Waals surface area contributed by atoms with E-state index in [2.05, 4.69) is 4.42 Å². The van der Waals surface area contributed by atoms with Gasteiger partial charge in [0.05, 0.1) is 12.5 Å². The molecule has 0 aliphatic carbocycles. The molecule has 0 aliphatic rings. The molecule has 0 aliphatic heterocycles. The molecule has 1 aromatic heterocycles. The third kappa shape index (κ3) is 10.7. The van der Waals surface area contributed by atoms with Crippen LogP contribution in [0.3, 0.4) is 0 Å². The van der Waals surface area contributed by atoms with Crippen LogP contribution in [-0.2, 0) is 0 Å². The van der Waals surface area contributed by atoms with E-state index in [1.54, 1.807) is 12.5 Å². The average Bonchev–Trinajstić information content (AvgIpc) is 2.11. The molecule has 0 bridgehead atoms. The Balaban J connectivity index is 0.000000148. The molecule has 0 saturated carbocycles. The molecule has 0 atom stereocenters. The highest BCUT2D eigenvalue weighted by molar-refractivity contribution is 4.79. The van der Waals surface area contributed by atoms with E-state index >= 15 is 0 Å². The van der Waals surface area contributed by atoms with Crippen molar-refractivity contribution in [2.24, 2.45) is 0 Å². The molecule has 0 spiro atoms. The molecular weight excluding hydrogens is 126 g/mol. The van der Waals surface area contributed by atoms with Crippen LogP contribution in [0.2, 0.25) is 0 Å². The summed E-state index contributed by atoms with van der Waals surface area (Å²) < 4.78 is 4.58. The fourth-order valence-corrected chi connectivity index (χ4v) is 0.227. The van der Waals surface area contributed by atoms with Crippen molar-refractivity contribution in [3.05, 3.63) is 34.8 Å². The predicted molar refractivity (Wildman–Crippen MR) is 27.5 cm³/mol. The van der Waals surface area contributed by atoms with Crippen molar-refractivity contribution in [3.8, 4) is 0 Å². The van der Waals surface area contributed by atoms with Crippen molar-refractivity contribution < 1.29 is 14.7 Å². The number of hydrogen-bond donors (Lipinski definition) is 1. The smallest absolute Gasteiger partial charge is 0.291 e. The highest BCUT2D eigenvalue weighted by Gasteiger charge is 1.65. The molecule has 0 radical (unpaired) electrons. The largest absolute Gasteiger partial charge is 0.473 e. The minimum atomic E-state index is -1.50. The van der Waals surface area contributed by atoms with E-state index in [0.29, 0.717) is 0 Å². The quantitative estimate of drug-likeness (QED) is 0.419. The molecule has 1 N–H and O–H groups in total. The Hall–Kier alpha value is -1.52. The first kappa shape index (κ1) is 7.48. The van der Waals surface area contributed by atoms with Gasteiger partial charge >= 0.3 is 0 Å². The maximum atomic E-state index is 8.36. The van der Waals surface area contributed by atoms with Gasteiger partial charge in [-0.1, -0.05) is 0 Å². The van der Waals surface area contributed by atoms with Gasteiger partial charge in [-0.2, -0.15) is 0 Å². The summed E-state index contributed by atoms with van der Waals surface area (Å²) >= 11 is 0. The number of rotatable bonds is 0. The van der Waals surface area contributed by atoms with Crippen LogP contribution in [0.5, 0.6) is 0 Å².